The number of rotatable bonds is 66. The first-order valence-electron chi connectivity index (χ1n) is 35.9. The van der Waals surface area contributed by atoms with E-state index in [0.29, 0.717) is 19.3 Å². The Balaban J connectivity index is 4.22. The van der Waals surface area contributed by atoms with E-state index in [0.717, 1.165) is 96.3 Å². The van der Waals surface area contributed by atoms with Crippen LogP contribution < -0.4 is 0 Å². The van der Waals surface area contributed by atoms with Crippen molar-refractivity contribution >= 4 is 17.9 Å². The summed E-state index contributed by atoms with van der Waals surface area (Å²) in [6.45, 7) is 6.57. The van der Waals surface area contributed by atoms with Crippen LogP contribution in [0.2, 0.25) is 0 Å². The van der Waals surface area contributed by atoms with Crippen molar-refractivity contribution in [2.24, 2.45) is 0 Å². The average molecular weight is 1150 g/mol. The van der Waals surface area contributed by atoms with Crippen LogP contribution in [0.25, 0.3) is 0 Å². The van der Waals surface area contributed by atoms with Crippen LogP contribution in [0.4, 0.5) is 0 Å². The summed E-state index contributed by atoms with van der Waals surface area (Å²) in [6, 6.07) is 0. The van der Waals surface area contributed by atoms with Crippen molar-refractivity contribution in [3.63, 3.8) is 0 Å². The third-order valence-electron chi connectivity index (χ3n) is 15.9. The van der Waals surface area contributed by atoms with Gasteiger partial charge < -0.3 is 14.2 Å². The molecule has 6 nitrogen and oxygen atoms in total. The maximum Gasteiger partial charge on any atom is 0.306 e. The molecule has 0 saturated carbocycles. The Labute approximate surface area is 510 Å². The molecule has 0 radical (unpaired) electrons. The molecule has 1 atom stereocenters. The van der Waals surface area contributed by atoms with Crippen LogP contribution in [-0.2, 0) is 28.6 Å². The summed E-state index contributed by atoms with van der Waals surface area (Å²) in [4.78, 5) is 38.4. The van der Waals surface area contributed by atoms with Gasteiger partial charge in [-0.15, -0.1) is 0 Å². The number of carbonyl (C=O) groups excluding carboxylic acids is 3. The third kappa shape index (κ3) is 67.6. The molecule has 0 aliphatic heterocycles. The molecule has 0 aromatic carbocycles. The van der Waals surface area contributed by atoms with Gasteiger partial charge in [0.15, 0.2) is 6.10 Å². The van der Waals surface area contributed by atoms with Crippen LogP contribution in [0.5, 0.6) is 0 Å². The fraction of sp³-hybridized carbons (Fsp3) is 0.803. The molecular formula is C76H136O6. The topological polar surface area (TPSA) is 78.9 Å². The van der Waals surface area contributed by atoms with Crippen LogP contribution in [-0.4, -0.2) is 37.2 Å². The molecule has 0 heterocycles. The molecule has 0 rings (SSSR count). The first kappa shape index (κ1) is 78.8. The van der Waals surface area contributed by atoms with E-state index < -0.39 is 6.10 Å². The van der Waals surface area contributed by atoms with E-state index in [1.807, 2.05) is 0 Å². The summed E-state index contributed by atoms with van der Waals surface area (Å²) >= 11 is 0. The van der Waals surface area contributed by atoms with Crippen LogP contribution in [0.15, 0.2) is 72.9 Å². The van der Waals surface area contributed by atoms with E-state index in [9.17, 15) is 14.4 Å². The highest BCUT2D eigenvalue weighted by molar-refractivity contribution is 5.71. The number of allylic oxidation sites excluding steroid dienone is 12. The van der Waals surface area contributed by atoms with E-state index in [2.05, 4.69) is 93.7 Å². The summed E-state index contributed by atoms with van der Waals surface area (Å²) in [7, 11) is 0. The Morgan fingerprint density at radius 3 is 0.744 bits per heavy atom. The Hall–Kier alpha value is -3.15. The molecule has 0 N–H and O–H groups in total. The lowest BCUT2D eigenvalue weighted by Crippen LogP contribution is -2.30. The van der Waals surface area contributed by atoms with Gasteiger partial charge in [0.25, 0.3) is 0 Å². The van der Waals surface area contributed by atoms with Crippen molar-refractivity contribution in [3.8, 4) is 0 Å². The molecule has 0 saturated heterocycles. The molecule has 0 amide bonds. The molecule has 1 unspecified atom stereocenters. The van der Waals surface area contributed by atoms with Gasteiger partial charge in [0, 0.05) is 19.3 Å². The minimum Gasteiger partial charge on any atom is -0.462 e. The highest BCUT2D eigenvalue weighted by Gasteiger charge is 2.19. The first-order valence-corrected chi connectivity index (χ1v) is 35.9. The number of carbonyl (C=O) groups is 3. The van der Waals surface area contributed by atoms with Crippen LogP contribution >= 0.6 is 0 Å². The predicted octanol–water partition coefficient (Wildman–Crippen LogP) is 24.8. The number of hydrogen-bond acceptors (Lipinski definition) is 6. The van der Waals surface area contributed by atoms with Crippen LogP contribution in [0, 0.1) is 0 Å². The van der Waals surface area contributed by atoms with Gasteiger partial charge in [0.2, 0.25) is 0 Å². The molecule has 82 heavy (non-hydrogen) atoms. The lowest BCUT2D eigenvalue weighted by molar-refractivity contribution is -0.167. The van der Waals surface area contributed by atoms with E-state index in [4.69, 9.17) is 14.2 Å². The van der Waals surface area contributed by atoms with E-state index in [1.165, 1.54) is 238 Å². The van der Waals surface area contributed by atoms with Crippen molar-refractivity contribution in [2.45, 2.75) is 380 Å². The van der Waals surface area contributed by atoms with Gasteiger partial charge in [-0.2, -0.15) is 0 Å². The maximum absolute atomic E-state index is 12.9. The summed E-state index contributed by atoms with van der Waals surface area (Å²) in [5, 5.41) is 0. The zero-order chi connectivity index (χ0) is 59.2. The van der Waals surface area contributed by atoms with Crippen LogP contribution in [0.3, 0.4) is 0 Å². The molecular weight excluding hydrogens is 1010 g/mol. The molecule has 0 spiro atoms. The predicted molar refractivity (Wildman–Crippen MR) is 358 cm³/mol. The van der Waals surface area contributed by atoms with Crippen molar-refractivity contribution in [1.82, 2.24) is 0 Å². The minimum absolute atomic E-state index is 0.0746. The highest BCUT2D eigenvalue weighted by atomic mass is 16.6. The largest absolute Gasteiger partial charge is 0.462 e. The van der Waals surface area contributed by atoms with Gasteiger partial charge in [-0.3, -0.25) is 14.4 Å². The van der Waals surface area contributed by atoms with E-state index in [1.54, 1.807) is 0 Å². The van der Waals surface area contributed by atoms with Gasteiger partial charge in [-0.25, -0.2) is 0 Å². The Kier molecular flexibility index (Phi) is 67.6. The molecule has 6 heteroatoms. The second-order valence-corrected chi connectivity index (χ2v) is 24.1. The maximum atomic E-state index is 12.9. The molecule has 0 bridgehead atoms. The molecule has 0 fully saturated rings. The van der Waals surface area contributed by atoms with Gasteiger partial charge in [0.1, 0.15) is 13.2 Å². The second-order valence-electron chi connectivity index (χ2n) is 24.1. The molecule has 0 aliphatic rings. The van der Waals surface area contributed by atoms with Crippen molar-refractivity contribution in [2.75, 3.05) is 13.2 Å². The van der Waals surface area contributed by atoms with E-state index >= 15 is 0 Å². The first-order chi connectivity index (χ1) is 40.5. The fourth-order valence-corrected chi connectivity index (χ4v) is 10.6. The summed E-state index contributed by atoms with van der Waals surface area (Å²) in [5.41, 5.74) is 0. The van der Waals surface area contributed by atoms with Gasteiger partial charge in [-0.05, 0) is 89.9 Å². The standard InChI is InChI=1S/C76H136O6/c1-4-7-10-13-16-19-22-25-28-31-32-33-34-35-36-37-38-39-40-41-42-43-44-46-48-51-54-57-60-63-66-69-75(78)81-72-73(71-80-74(77)68-65-62-59-56-53-50-47-30-27-24-21-18-15-12-9-6-3)82-76(79)70-67-64-61-58-55-52-49-45-29-26-23-20-17-14-11-8-5-2/h8,11,17,20,22,25-26,29,31-32,34-35,73H,4-7,9-10,12-16,18-19,21,23-24,27-28,30,33,36-72H2,1-3H3/b11-8-,20-17-,25-22-,29-26-,32-31-,35-34-. The van der Waals surface area contributed by atoms with Crippen LogP contribution in [0.1, 0.15) is 374 Å². The average Bonchev–Trinajstić information content (AvgIpc) is 3.47. The Morgan fingerprint density at radius 2 is 0.476 bits per heavy atom. The Bertz CT molecular complexity index is 1500. The smallest absolute Gasteiger partial charge is 0.306 e. The lowest BCUT2D eigenvalue weighted by Gasteiger charge is -2.18. The molecule has 0 aromatic heterocycles. The minimum atomic E-state index is -0.780. The monoisotopic (exact) mass is 1150 g/mol. The number of hydrogen-bond donors (Lipinski definition) is 0. The normalized spacial score (nSPS) is 12.5. The van der Waals surface area contributed by atoms with E-state index in [-0.39, 0.29) is 31.1 Å². The number of unbranched alkanes of at least 4 members (excludes halogenated alkanes) is 43. The molecule has 476 valence electrons. The molecule has 0 aromatic rings. The van der Waals surface area contributed by atoms with Gasteiger partial charge in [-0.1, -0.05) is 338 Å². The zero-order valence-corrected chi connectivity index (χ0v) is 54.8. The third-order valence-corrected chi connectivity index (χ3v) is 15.9. The lowest BCUT2D eigenvalue weighted by atomic mass is 10.0. The Morgan fingerprint density at radius 1 is 0.256 bits per heavy atom. The van der Waals surface area contributed by atoms with Crippen molar-refractivity contribution in [1.29, 1.82) is 0 Å². The second kappa shape index (κ2) is 70.3. The number of ether oxygens (including phenoxy) is 3. The SMILES string of the molecule is CC/C=C\C/C=C\C/C=C\CCCCCCCCCC(=O)OC(COC(=O)CCCCCCCCCCCCCCCCCC)COC(=O)CCCCCCCCCCCCCCCCCC/C=C\C/C=C\C/C=C\CCCCCCC. The quantitative estimate of drug-likeness (QED) is 0.0261. The van der Waals surface area contributed by atoms with Gasteiger partial charge in [0.05, 0.1) is 0 Å². The summed E-state index contributed by atoms with van der Waals surface area (Å²) in [6.07, 6.45) is 92.2. The number of esters is 3. The zero-order valence-electron chi connectivity index (χ0n) is 54.8. The highest BCUT2D eigenvalue weighted by Crippen LogP contribution is 2.18. The van der Waals surface area contributed by atoms with Gasteiger partial charge >= 0.3 is 17.9 Å². The summed E-state index contributed by atoms with van der Waals surface area (Å²) in [5.74, 6) is -0.862. The van der Waals surface area contributed by atoms with Crippen molar-refractivity contribution < 1.29 is 28.6 Å². The molecule has 0 aliphatic carbocycles. The fourth-order valence-electron chi connectivity index (χ4n) is 10.6. The van der Waals surface area contributed by atoms with Crippen molar-refractivity contribution in [3.05, 3.63) is 72.9 Å². The summed E-state index contributed by atoms with van der Waals surface area (Å²) < 4.78 is 17.0.